The van der Waals surface area contributed by atoms with E-state index in [0.29, 0.717) is 17.3 Å². The third-order valence-electron chi connectivity index (χ3n) is 4.30. The predicted molar refractivity (Wildman–Crippen MR) is 103 cm³/mol. The van der Waals surface area contributed by atoms with Gasteiger partial charge in [-0.05, 0) is 49.2 Å². The molecule has 25 heavy (non-hydrogen) atoms. The smallest absolute Gasteiger partial charge is 0.243 e. The summed E-state index contributed by atoms with van der Waals surface area (Å²) in [5.74, 6) is 0.662. The first-order chi connectivity index (χ1) is 12.0. The summed E-state index contributed by atoms with van der Waals surface area (Å²) in [6.45, 7) is 4.88. The molecule has 1 atom stereocenters. The molecule has 0 saturated heterocycles. The van der Waals surface area contributed by atoms with E-state index < -0.39 is 0 Å². The van der Waals surface area contributed by atoms with E-state index in [1.54, 1.807) is 12.1 Å². The minimum Gasteiger partial charge on any atom is -0.486 e. The summed E-state index contributed by atoms with van der Waals surface area (Å²) in [4.78, 5) is 14.6. The number of nitrogens with two attached hydrogens (primary N) is 1. The van der Waals surface area contributed by atoms with Crippen molar-refractivity contribution in [2.75, 3.05) is 29.0 Å². The quantitative estimate of drug-likeness (QED) is 0.814. The first kappa shape index (κ1) is 17.4. The summed E-state index contributed by atoms with van der Waals surface area (Å²) >= 11 is 6.02. The lowest BCUT2D eigenvalue weighted by Gasteiger charge is -2.35. The average molecular weight is 360 g/mol. The van der Waals surface area contributed by atoms with E-state index in [2.05, 4.69) is 12.2 Å². The highest BCUT2D eigenvalue weighted by atomic mass is 35.5. The topological polar surface area (TPSA) is 67.6 Å². The van der Waals surface area contributed by atoms with Gasteiger partial charge in [0.1, 0.15) is 11.9 Å². The Bertz CT molecular complexity index is 794. The van der Waals surface area contributed by atoms with Gasteiger partial charge < -0.3 is 20.7 Å². The van der Waals surface area contributed by atoms with Crippen molar-refractivity contribution in [1.82, 2.24) is 0 Å². The highest BCUT2D eigenvalue weighted by Crippen LogP contribution is 2.35. The van der Waals surface area contributed by atoms with Crippen molar-refractivity contribution in [2.45, 2.75) is 26.4 Å². The maximum absolute atomic E-state index is 12.6. The van der Waals surface area contributed by atoms with Crippen LogP contribution in [-0.4, -0.2) is 25.1 Å². The highest BCUT2D eigenvalue weighted by Gasteiger charge is 2.26. The summed E-state index contributed by atoms with van der Waals surface area (Å²) in [5.41, 5.74) is 9.10. The average Bonchev–Trinajstić information content (AvgIpc) is 2.58. The molecule has 0 fully saturated rings. The number of rotatable bonds is 4. The molecule has 0 bridgehead atoms. The Morgan fingerprint density at radius 3 is 2.92 bits per heavy atom. The maximum atomic E-state index is 12.6. The van der Waals surface area contributed by atoms with E-state index in [0.717, 1.165) is 29.1 Å². The van der Waals surface area contributed by atoms with Crippen LogP contribution in [0.4, 0.5) is 17.1 Å². The van der Waals surface area contributed by atoms with Crippen LogP contribution in [0.15, 0.2) is 36.4 Å². The maximum Gasteiger partial charge on any atom is 0.243 e. The number of carbonyl (C=O) groups is 1. The Morgan fingerprint density at radius 1 is 1.36 bits per heavy atom. The number of nitrogens with zero attached hydrogens (tertiary/aromatic N) is 1. The second kappa shape index (κ2) is 7.23. The van der Waals surface area contributed by atoms with Crippen LogP contribution in [0.2, 0.25) is 5.02 Å². The molecule has 3 rings (SSSR count). The molecule has 2 aromatic rings. The van der Waals surface area contributed by atoms with E-state index in [-0.39, 0.29) is 18.6 Å². The van der Waals surface area contributed by atoms with Crippen LogP contribution < -0.4 is 20.7 Å². The van der Waals surface area contributed by atoms with Crippen LogP contribution >= 0.6 is 11.6 Å². The van der Waals surface area contributed by atoms with Crippen molar-refractivity contribution in [2.24, 2.45) is 0 Å². The second-order valence-electron chi connectivity index (χ2n) is 6.26. The first-order valence-corrected chi connectivity index (χ1v) is 8.71. The molecule has 1 aliphatic heterocycles. The molecule has 6 heteroatoms. The van der Waals surface area contributed by atoms with Crippen LogP contribution in [0, 0.1) is 6.92 Å². The molecule has 3 N–H and O–H groups in total. The van der Waals surface area contributed by atoms with Gasteiger partial charge in [-0.25, -0.2) is 0 Å². The van der Waals surface area contributed by atoms with Crippen molar-refractivity contribution >= 4 is 34.6 Å². The third-order valence-corrected chi connectivity index (χ3v) is 4.54. The molecule has 1 amide bonds. The molecule has 5 nitrogen and oxygen atoms in total. The Labute approximate surface area is 152 Å². The summed E-state index contributed by atoms with van der Waals surface area (Å²) in [5, 5.41) is 3.53. The number of ether oxygens (including phenoxy) is 1. The molecule has 2 aromatic carbocycles. The summed E-state index contributed by atoms with van der Waals surface area (Å²) in [7, 11) is 0. The van der Waals surface area contributed by atoms with Gasteiger partial charge in [-0.15, -0.1) is 0 Å². The van der Waals surface area contributed by atoms with Crippen molar-refractivity contribution in [3.05, 3.63) is 47.0 Å². The highest BCUT2D eigenvalue weighted by molar-refractivity contribution is 6.31. The van der Waals surface area contributed by atoms with E-state index in [4.69, 9.17) is 22.1 Å². The molecule has 0 aromatic heterocycles. The minimum absolute atomic E-state index is 0.0526. The van der Waals surface area contributed by atoms with Crippen molar-refractivity contribution < 1.29 is 9.53 Å². The number of anilines is 3. The normalized spacial score (nSPS) is 16.1. The Balaban J connectivity index is 1.78. The van der Waals surface area contributed by atoms with Crippen LogP contribution in [0.25, 0.3) is 0 Å². The summed E-state index contributed by atoms with van der Waals surface area (Å²) in [6.07, 6.45) is 0.923. The molecule has 132 valence electrons. The van der Waals surface area contributed by atoms with Gasteiger partial charge in [0, 0.05) is 16.4 Å². The SMILES string of the molecule is CCC1CN(CC(=O)Nc2cc(Cl)ccc2C)c2cc(N)ccc2O1. The van der Waals surface area contributed by atoms with Gasteiger partial charge in [0.05, 0.1) is 18.8 Å². The largest absolute Gasteiger partial charge is 0.486 e. The number of aryl methyl sites for hydroxylation is 1. The molecular formula is C19H22ClN3O2. The molecule has 1 heterocycles. The van der Waals surface area contributed by atoms with Gasteiger partial charge in [-0.2, -0.15) is 0 Å². The van der Waals surface area contributed by atoms with Gasteiger partial charge in [0.2, 0.25) is 5.91 Å². The Morgan fingerprint density at radius 2 is 2.16 bits per heavy atom. The van der Waals surface area contributed by atoms with Gasteiger partial charge in [-0.3, -0.25) is 4.79 Å². The number of nitrogens with one attached hydrogen (secondary N) is 1. The van der Waals surface area contributed by atoms with E-state index in [1.165, 1.54) is 0 Å². The van der Waals surface area contributed by atoms with Crippen LogP contribution in [-0.2, 0) is 4.79 Å². The molecular weight excluding hydrogens is 338 g/mol. The first-order valence-electron chi connectivity index (χ1n) is 8.33. The van der Waals surface area contributed by atoms with E-state index >= 15 is 0 Å². The van der Waals surface area contributed by atoms with Gasteiger partial charge in [0.15, 0.2) is 0 Å². The number of hydrogen-bond acceptors (Lipinski definition) is 4. The Kier molecular flexibility index (Phi) is 5.04. The molecule has 1 aliphatic rings. The fourth-order valence-electron chi connectivity index (χ4n) is 2.90. The molecule has 0 radical (unpaired) electrons. The zero-order valence-corrected chi connectivity index (χ0v) is 15.1. The monoisotopic (exact) mass is 359 g/mol. The zero-order valence-electron chi connectivity index (χ0n) is 14.4. The fourth-order valence-corrected chi connectivity index (χ4v) is 3.07. The lowest BCUT2D eigenvalue weighted by Crippen LogP contribution is -2.43. The van der Waals surface area contributed by atoms with Crippen molar-refractivity contribution in [3.8, 4) is 5.75 Å². The number of hydrogen-bond donors (Lipinski definition) is 2. The molecule has 0 spiro atoms. The van der Waals surface area contributed by atoms with Crippen LogP contribution in [0.1, 0.15) is 18.9 Å². The van der Waals surface area contributed by atoms with Gasteiger partial charge in [-0.1, -0.05) is 24.6 Å². The second-order valence-corrected chi connectivity index (χ2v) is 6.70. The standard InChI is InChI=1S/C19H22ClN3O2/c1-3-15-10-23(17-9-14(21)6-7-18(17)25-15)11-19(24)22-16-8-13(20)5-4-12(16)2/h4-9,15H,3,10-11,21H2,1-2H3,(H,22,24). The summed E-state index contributed by atoms with van der Waals surface area (Å²) < 4.78 is 5.95. The lowest BCUT2D eigenvalue weighted by atomic mass is 10.1. The molecule has 1 unspecified atom stereocenters. The number of halogens is 1. The van der Waals surface area contributed by atoms with E-state index in [9.17, 15) is 4.79 Å². The number of amides is 1. The molecule has 0 saturated carbocycles. The lowest BCUT2D eigenvalue weighted by molar-refractivity contribution is -0.115. The van der Waals surface area contributed by atoms with Gasteiger partial charge in [0.25, 0.3) is 0 Å². The fraction of sp³-hybridized carbons (Fsp3) is 0.316. The summed E-state index contributed by atoms with van der Waals surface area (Å²) in [6, 6.07) is 11.0. The zero-order chi connectivity index (χ0) is 18.0. The third kappa shape index (κ3) is 3.99. The van der Waals surface area contributed by atoms with Crippen molar-refractivity contribution in [3.63, 3.8) is 0 Å². The number of benzene rings is 2. The van der Waals surface area contributed by atoms with Gasteiger partial charge >= 0.3 is 0 Å². The number of carbonyl (C=O) groups excluding carboxylic acids is 1. The number of fused-ring (bicyclic) bond motifs is 1. The van der Waals surface area contributed by atoms with Crippen LogP contribution in [0.5, 0.6) is 5.75 Å². The van der Waals surface area contributed by atoms with Crippen LogP contribution in [0.3, 0.4) is 0 Å². The number of nitrogen functional groups attached to an aromatic ring is 1. The van der Waals surface area contributed by atoms with E-state index in [1.807, 2.05) is 36.1 Å². The molecule has 0 aliphatic carbocycles. The van der Waals surface area contributed by atoms with Crippen molar-refractivity contribution in [1.29, 1.82) is 0 Å². The Hall–Kier alpha value is -2.40. The minimum atomic E-state index is -0.101. The predicted octanol–water partition coefficient (Wildman–Crippen LogP) is 3.85.